The first-order chi connectivity index (χ1) is 19.4. The summed E-state index contributed by atoms with van der Waals surface area (Å²) in [6.45, 7) is 4.21. The van der Waals surface area contributed by atoms with Gasteiger partial charge in [-0.3, -0.25) is 24.6 Å². The Hall–Kier alpha value is -3.80. The number of hydrogen-bond acceptors (Lipinski definition) is 8. The van der Waals surface area contributed by atoms with Crippen LogP contribution in [0.15, 0.2) is 66.0 Å². The summed E-state index contributed by atoms with van der Waals surface area (Å²) >= 11 is 1.38. The highest BCUT2D eigenvalue weighted by Crippen LogP contribution is 2.30. The quantitative estimate of drug-likeness (QED) is 0.314. The van der Waals surface area contributed by atoms with Crippen LogP contribution in [0.4, 0.5) is 5.69 Å². The van der Waals surface area contributed by atoms with E-state index in [0.29, 0.717) is 44.0 Å². The van der Waals surface area contributed by atoms with Crippen molar-refractivity contribution in [3.05, 3.63) is 92.2 Å². The molecule has 2 fully saturated rings. The molecule has 0 bridgehead atoms. The van der Waals surface area contributed by atoms with Crippen molar-refractivity contribution in [1.29, 1.82) is 0 Å². The number of methoxy groups -OCH3 is 1. The largest absolute Gasteiger partial charge is 0.497 e. The highest BCUT2D eigenvalue weighted by molar-refractivity contribution is 7.12. The van der Waals surface area contributed by atoms with E-state index >= 15 is 0 Å². The van der Waals surface area contributed by atoms with Gasteiger partial charge in [0, 0.05) is 64.0 Å². The standard InChI is InChI=1S/C29H33N5O5S/c1-39-25-5-2-4-22(16-25)19-32(18-21-7-9-23(10-8-21)34(37)38)24-17-26(28(35)31-13-11-30-12-14-31)33(20-24)29(36)27-6-3-15-40-27/h2-10,15-16,24,26,30H,11-14,17-20H2,1H3. The number of rotatable bonds is 9. The zero-order valence-corrected chi connectivity index (χ0v) is 23.2. The summed E-state index contributed by atoms with van der Waals surface area (Å²) in [7, 11) is 1.63. The fraction of sp³-hybridized carbons (Fsp3) is 0.379. The molecule has 2 aliphatic heterocycles. The molecule has 1 aromatic heterocycles. The Bertz CT molecular complexity index is 1330. The Balaban J connectivity index is 1.44. The van der Waals surface area contributed by atoms with Gasteiger partial charge in [-0.15, -0.1) is 11.3 Å². The Morgan fingerprint density at radius 3 is 2.50 bits per heavy atom. The Labute approximate surface area is 237 Å². The second kappa shape index (κ2) is 12.6. The van der Waals surface area contributed by atoms with Gasteiger partial charge in [-0.05, 0) is 41.1 Å². The highest BCUT2D eigenvalue weighted by Gasteiger charge is 2.44. The highest BCUT2D eigenvalue weighted by atomic mass is 32.1. The van der Waals surface area contributed by atoms with Gasteiger partial charge >= 0.3 is 0 Å². The molecule has 10 nitrogen and oxygen atoms in total. The summed E-state index contributed by atoms with van der Waals surface area (Å²) in [5.74, 6) is 0.619. The van der Waals surface area contributed by atoms with Crippen molar-refractivity contribution < 1.29 is 19.2 Å². The smallest absolute Gasteiger partial charge is 0.269 e. The molecule has 2 unspecified atom stereocenters. The summed E-state index contributed by atoms with van der Waals surface area (Å²) in [5, 5.41) is 16.3. The van der Waals surface area contributed by atoms with Crippen LogP contribution in [0.2, 0.25) is 0 Å². The maximum atomic E-state index is 13.8. The number of hydrogen-bond donors (Lipinski definition) is 1. The number of amides is 2. The van der Waals surface area contributed by atoms with E-state index in [1.54, 1.807) is 30.2 Å². The maximum Gasteiger partial charge on any atom is 0.269 e. The number of piperazine rings is 1. The van der Waals surface area contributed by atoms with Gasteiger partial charge in [0.15, 0.2) is 0 Å². The van der Waals surface area contributed by atoms with E-state index in [0.717, 1.165) is 30.0 Å². The van der Waals surface area contributed by atoms with Crippen LogP contribution >= 0.6 is 11.3 Å². The third kappa shape index (κ3) is 6.33. The number of nitro benzene ring substituents is 1. The number of nitrogens with one attached hydrogen (secondary N) is 1. The van der Waals surface area contributed by atoms with Gasteiger partial charge in [-0.1, -0.05) is 30.3 Å². The molecule has 40 heavy (non-hydrogen) atoms. The van der Waals surface area contributed by atoms with Gasteiger partial charge in [0.25, 0.3) is 11.6 Å². The van der Waals surface area contributed by atoms with E-state index < -0.39 is 11.0 Å². The number of nitrogens with zero attached hydrogens (tertiary/aromatic N) is 4. The predicted molar refractivity (Wildman–Crippen MR) is 152 cm³/mol. The summed E-state index contributed by atoms with van der Waals surface area (Å²) in [6, 6.07) is 17.4. The van der Waals surface area contributed by atoms with Crippen LogP contribution in [0.1, 0.15) is 27.2 Å². The number of nitro groups is 1. The van der Waals surface area contributed by atoms with Crippen molar-refractivity contribution in [2.24, 2.45) is 0 Å². The molecule has 210 valence electrons. The molecule has 1 N–H and O–H groups in total. The molecule has 3 aromatic rings. The molecule has 2 amide bonds. The first-order valence-corrected chi connectivity index (χ1v) is 14.2. The normalized spacial score (nSPS) is 19.1. The molecule has 2 atom stereocenters. The minimum Gasteiger partial charge on any atom is -0.497 e. The van der Waals surface area contributed by atoms with Crippen molar-refractivity contribution >= 4 is 28.8 Å². The van der Waals surface area contributed by atoms with Crippen molar-refractivity contribution in [1.82, 2.24) is 20.0 Å². The lowest BCUT2D eigenvalue weighted by molar-refractivity contribution is -0.384. The van der Waals surface area contributed by atoms with Crippen molar-refractivity contribution in [2.45, 2.75) is 31.6 Å². The number of carbonyl (C=O) groups excluding carboxylic acids is 2. The van der Waals surface area contributed by atoms with Gasteiger partial charge < -0.3 is 19.9 Å². The predicted octanol–water partition coefficient (Wildman–Crippen LogP) is 3.38. The molecular formula is C29H33N5O5S. The van der Waals surface area contributed by atoms with Gasteiger partial charge in [0.1, 0.15) is 11.8 Å². The number of non-ortho nitro benzene ring substituents is 1. The van der Waals surface area contributed by atoms with Crippen LogP contribution in [-0.4, -0.2) is 83.4 Å². The number of ether oxygens (including phenoxy) is 1. The lowest BCUT2D eigenvalue weighted by Gasteiger charge is -2.32. The fourth-order valence-corrected chi connectivity index (χ4v) is 6.13. The van der Waals surface area contributed by atoms with E-state index in [1.807, 2.05) is 40.6 Å². The zero-order chi connectivity index (χ0) is 28.1. The number of carbonyl (C=O) groups is 2. The van der Waals surface area contributed by atoms with E-state index in [-0.39, 0.29) is 23.5 Å². The summed E-state index contributed by atoms with van der Waals surface area (Å²) in [5.41, 5.74) is 1.99. The Kier molecular flexibility index (Phi) is 8.73. The number of thiophene rings is 1. The van der Waals surface area contributed by atoms with Gasteiger partial charge in [0.05, 0.1) is 16.9 Å². The monoisotopic (exact) mass is 563 g/mol. The average molecular weight is 564 g/mol. The van der Waals surface area contributed by atoms with Crippen LogP contribution in [-0.2, 0) is 17.9 Å². The fourth-order valence-electron chi connectivity index (χ4n) is 5.45. The van der Waals surface area contributed by atoms with Crippen molar-refractivity contribution in [3.8, 4) is 5.75 Å². The number of benzene rings is 2. The Morgan fingerprint density at radius 1 is 1.07 bits per heavy atom. The Morgan fingerprint density at radius 2 is 1.82 bits per heavy atom. The van der Waals surface area contributed by atoms with Crippen molar-refractivity contribution in [3.63, 3.8) is 0 Å². The molecule has 2 aliphatic rings. The van der Waals surface area contributed by atoms with Crippen molar-refractivity contribution in [2.75, 3.05) is 39.8 Å². The first kappa shape index (κ1) is 27.8. The van der Waals surface area contributed by atoms with Crippen LogP contribution < -0.4 is 10.1 Å². The van der Waals surface area contributed by atoms with E-state index in [1.165, 1.54) is 23.5 Å². The topological polar surface area (TPSA) is 108 Å². The third-order valence-electron chi connectivity index (χ3n) is 7.55. The third-order valence-corrected chi connectivity index (χ3v) is 8.41. The second-order valence-electron chi connectivity index (χ2n) is 10.1. The van der Waals surface area contributed by atoms with Crippen LogP contribution in [0.3, 0.4) is 0 Å². The lowest BCUT2D eigenvalue weighted by Crippen LogP contribution is -2.53. The molecule has 3 heterocycles. The lowest BCUT2D eigenvalue weighted by atomic mass is 10.1. The van der Waals surface area contributed by atoms with Crippen LogP contribution in [0, 0.1) is 10.1 Å². The summed E-state index contributed by atoms with van der Waals surface area (Å²) in [4.78, 5) is 44.7. The van der Waals surface area contributed by atoms with E-state index in [9.17, 15) is 19.7 Å². The minimum absolute atomic E-state index is 0.00873. The zero-order valence-electron chi connectivity index (χ0n) is 22.4. The van der Waals surface area contributed by atoms with E-state index in [4.69, 9.17) is 4.74 Å². The molecule has 0 aliphatic carbocycles. The molecule has 2 saturated heterocycles. The molecule has 2 aromatic carbocycles. The molecule has 0 radical (unpaired) electrons. The van der Waals surface area contributed by atoms with Crippen LogP contribution in [0.5, 0.6) is 5.75 Å². The minimum atomic E-state index is -0.553. The number of likely N-dealkylation sites (tertiary alicyclic amines) is 1. The average Bonchev–Trinajstić information content (AvgIpc) is 3.68. The van der Waals surface area contributed by atoms with Gasteiger partial charge in [0.2, 0.25) is 5.91 Å². The van der Waals surface area contributed by atoms with Gasteiger partial charge in [-0.25, -0.2) is 0 Å². The SMILES string of the molecule is COc1cccc(CN(Cc2ccc([N+](=O)[O-])cc2)C2CC(C(=O)N3CCNCC3)N(C(=O)c3cccs3)C2)c1. The molecule has 5 rings (SSSR count). The molecule has 0 spiro atoms. The van der Waals surface area contributed by atoms with Gasteiger partial charge in [-0.2, -0.15) is 0 Å². The summed E-state index contributed by atoms with van der Waals surface area (Å²) in [6.07, 6.45) is 0.511. The maximum absolute atomic E-state index is 13.8. The second-order valence-corrected chi connectivity index (χ2v) is 11.0. The molecular weight excluding hydrogens is 530 g/mol. The first-order valence-electron chi connectivity index (χ1n) is 13.4. The molecule has 11 heteroatoms. The molecule has 0 saturated carbocycles. The summed E-state index contributed by atoms with van der Waals surface area (Å²) < 4.78 is 5.43. The van der Waals surface area contributed by atoms with E-state index in [2.05, 4.69) is 10.2 Å². The van der Waals surface area contributed by atoms with Crippen LogP contribution in [0.25, 0.3) is 0 Å².